The molecule has 2 N–H and O–H groups in total. The van der Waals surface area contributed by atoms with Crippen LogP contribution in [0.4, 0.5) is 10.1 Å². The van der Waals surface area contributed by atoms with Crippen LogP contribution in [0.1, 0.15) is 24.2 Å². The summed E-state index contributed by atoms with van der Waals surface area (Å²) in [5, 5.41) is 5.86. The van der Waals surface area contributed by atoms with Gasteiger partial charge < -0.3 is 10.6 Å². The van der Waals surface area contributed by atoms with Gasteiger partial charge >= 0.3 is 0 Å². The van der Waals surface area contributed by atoms with Crippen LogP contribution in [0.2, 0.25) is 5.02 Å². The lowest BCUT2D eigenvalue weighted by Gasteiger charge is -2.22. The molecule has 2 aromatic carbocycles. The highest BCUT2D eigenvalue weighted by Gasteiger charge is 2.25. The lowest BCUT2D eigenvalue weighted by Crippen LogP contribution is -2.47. The first-order valence-corrected chi connectivity index (χ1v) is 7.88. The largest absolute Gasteiger partial charge is 0.340 e. The molecule has 0 aliphatic rings. The minimum Gasteiger partial charge on any atom is -0.340 e. The molecule has 126 valence electrons. The minimum absolute atomic E-state index is 0.0950. The van der Waals surface area contributed by atoms with Crippen LogP contribution in [0.3, 0.4) is 0 Å². The fourth-order valence-electron chi connectivity index (χ4n) is 2.15. The Bertz CT molecular complexity index is 732. The van der Waals surface area contributed by atoms with Crippen LogP contribution in [0.25, 0.3) is 0 Å². The molecule has 2 rings (SSSR count). The lowest BCUT2D eigenvalue weighted by molar-refractivity contribution is -0.118. The van der Waals surface area contributed by atoms with Crippen LogP contribution < -0.4 is 10.6 Å². The highest BCUT2D eigenvalue weighted by Crippen LogP contribution is 2.15. The molecule has 1 atom stereocenters. The number of carbonyl (C=O) groups excluding carboxylic acids is 2. The van der Waals surface area contributed by atoms with Crippen LogP contribution in [0, 0.1) is 11.7 Å². The molecular formula is C18H18ClFN2O2. The summed E-state index contributed by atoms with van der Waals surface area (Å²) in [6.45, 7) is 3.60. The quantitative estimate of drug-likeness (QED) is 0.861. The molecule has 0 radical (unpaired) electrons. The molecule has 6 heteroatoms. The summed E-state index contributed by atoms with van der Waals surface area (Å²) in [4.78, 5) is 24.7. The standard InChI is InChI=1S/C18H18ClFN2O2/c1-11(2)16(18(24)21-13-9-7-12(19)8-10-13)22-17(23)14-5-3-4-6-15(14)20/h3-11,16H,1-2H3,(H,21,24)(H,22,23)/t16-/m1/s1. The molecule has 0 spiro atoms. The van der Waals surface area contributed by atoms with E-state index in [0.29, 0.717) is 10.7 Å². The zero-order valence-corrected chi connectivity index (χ0v) is 14.1. The Hall–Kier alpha value is -2.40. The van der Waals surface area contributed by atoms with Crippen LogP contribution in [-0.4, -0.2) is 17.9 Å². The van der Waals surface area contributed by atoms with Gasteiger partial charge in [-0.05, 0) is 42.3 Å². The summed E-state index contributed by atoms with van der Waals surface area (Å²) in [7, 11) is 0. The van der Waals surface area contributed by atoms with Crippen molar-refractivity contribution in [3.8, 4) is 0 Å². The summed E-state index contributed by atoms with van der Waals surface area (Å²) < 4.78 is 13.7. The van der Waals surface area contributed by atoms with Crippen molar-refractivity contribution in [1.29, 1.82) is 0 Å². The molecule has 24 heavy (non-hydrogen) atoms. The summed E-state index contributed by atoms with van der Waals surface area (Å²) in [6.07, 6.45) is 0. The normalized spacial score (nSPS) is 11.9. The van der Waals surface area contributed by atoms with Crippen molar-refractivity contribution in [1.82, 2.24) is 5.32 Å². The minimum atomic E-state index is -0.798. The van der Waals surface area contributed by atoms with Crippen molar-refractivity contribution < 1.29 is 14.0 Å². The van der Waals surface area contributed by atoms with E-state index in [2.05, 4.69) is 10.6 Å². The van der Waals surface area contributed by atoms with E-state index in [1.54, 1.807) is 44.2 Å². The number of carbonyl (C=O) groups is 2. The summed E-state index contributed by atoms with van der Waals surface area (Å²) in [5.74, 6) is -1.81. The molecular weight excluding hydrogens is 331 g/mol. The monoisotopic (exact) mass is 348 g/mol. The van der Waals surface area contributed by atoms with Gasteiger partial charge in [0.1, 0.15) is 11.9 Å². The van der Waals surface area contributed by atoms with Crippen molar-refractivity contribution in [2.24, 2.45) is 5.92 Å². The molecule has 0 aliphatic heterocycles. The van der Waals surface area contributed by atoms with E-state index in [-0.39, 0.29) is 17.4 Å². The Labute approximate surface area is 145 Å². The third-order valence-electron chi connectivity index (χ3n) is 3.47. The highest BCUT2D eigenvalue weighted by molar-refractivity contribution is 6.30. The van der Waals surface area contributed by atoms with Crippen molar-refractivity contribution in [2.75, 3.05) is 5.32 Å². The average Bonchev–Trinajstić information content (AvgIpc) is 2.54. The maximum atomic E-state index is 13.7. The lowest BCUT2D eigenvalue weighted by atomic mass is 10.0. The summed E-state index contributed by atoms with van der Waals surface area (Å²) in [6, 6.07) is 11.5. The number of halogens is 2. The van der Waals surface area contributed by atoms with Crippen molar-refractivity contribution >= 4 is 29.1 Å². The number of rotatable bonds is 5. The van der Waals surface area contributed by atoms with Gasteiger partial charge in [0.25, 0.3) is 5.91 Å². The van der Waals surface area contributed by atoms with E-state index >= 15 is 0 Å². The fraction of sp³-hybridized carbons (Fsp3) is 0.222. The van der Waals surface area contributed by atoms with Gasteiger partial charge in [-0.3, -0.25) is 9.59 Å². The Morgan fingerprint density at radius 3 is 2.25 bits per heavy atom. The molecule has 0 bridgehead atoms. The first-order chi connectivity index (χ1) is 11.4. The summed E-state index contributed by atoms with van der Waals surface area (Å²) >= 11 is 5.81. The van der Waals surface area contributed by atoms with Gasteiger partial charge in [-0.2, -0.15) is 0 Å². The number of hydrogen-bond acceptors (Lipinski definition) is 2. The Balaban J connectivity index is 2.11. The third-order valence-corrected chi connectivity index (χ3v) is 3.72. The van der Waals surface area contributed by atoms with Crippen molar-refractivity contribution in [2.45, 2.75) is 19.9 Å². The van der Waals surface area contributed by atoms with Gasteiger partial charge in [-0.25, -0.2) is 4.39 Å². The average molecular weight is 349 g/mol. The number of anilines is 1. The second kappa shape index (κ2) is 7.93. The fourth-order valence-corrected chi connectivity index (χ4v) is 2.28. The van der Waals surface area contributed by atoms with Crippen LogP contribution >= 0.6 is 11.6 Å². The van der Waals surface area contributed by atoms with Gasteiger partial charge in [-0.1, -0.05) is 37.6 Å². The second-order valence-corrected chi connectivity index (χ2v) is 6.11. The topological polar surface area (TPSA) is 58.2 Å². The van der Waals surface area contributed by atoms with Gasteiger partial charge in [0, 0.05) is 10.7 Å². The number of nitrogens with one attached hydrogen (secondary N) is 2. The predicted molar refractivity (Wildman–Crippen MR) is 92.6 cm³/mol. The predicted octanol–water partition coefficient (Wildman–Crippen LogP) is 3.87. The molecule has 0 saturated heterocycles. The Kier molecular flexibility index (Phi) is 5.93. The molecule has 2 aromatic rings. The van der Waals surface area contributed by atoms with E-state index in [1.807, 2.05) is 0 Å². The second-order valence-electron chi connectivity index (χ2n) is 5.67. The molecule has 0 aromatic heterocycles. The maximum Gasteiger partial charge on any atom is 0.254 e. The first kappa shape index (κ1) is 17.9. The van der Waals surface area contributed by atoms with Gasteiger partial charge in [0.05, 0.1) is 5.56 Å². The van der Waals surface area contributed by atoms with Gasteiger partial charge in [-0.15, -0.1) is 0 Å². The van der Waals surface area contributed by atoms with E-state index in [1.165, 1.54) is 18.2 Å². The van der Waals surface area contributed by atoms with Crippen LogP contribution in [-0.2, 0) is 4.79 Å². The van der Waals surface area contributed by atoms with Crippen LogP contribution in [0.15, 0.2) is 48.5 Å². The third kappa shape index (κ3) is 4.55. The number of hydrogen-bond donors (Lipinski definition) is 2. The van der Waals surface area contributed by atoms with Crippen molar-refractivity contribution in [3.05, 3.63) is 64.9 Å². The van der Waals surface area contributed by atoms with Gasteiger partial charge in [0.15, 0.2) is 0 Å². The van der Waals surface area contributed by atoms with Crippen LogP contribution in [0.5, 0.6) is 0 Å². The first-order valence-electron chi connectivity index (χ1n) is 7.50. The molecule has 0 unspecified atom stereocenters. The van der Waals surface area contributed by atoms with E-state index < -0.39 is 17.8 Å². The number of amides is 2. The van der Waals surface area contributed by atoms with E-state index in [0.717, 1.165) is 0 Å². The molecule has 0 saturated carbocycles. The zero-order chi connectivity index (χ0) is 17.7. The molecule has 0 aliphatic carbocycles. The van der Waals surface area contributed by atoms with Crippen molar-refractivity contribution in [3.63, 3.8) is 0 Å². The number of benzene rings is 2. The summed E-state index contributed by atoms with van der Waals surface area (Å²) in [5.41, 5.74) is 0.470. The van der Waals surface area contributed by atoms with E-state index in [9.17, 15) is 14.0 Å². The van der Waals surface area contributed by atoms with E-state index in [4.69, 9.17) is 11.6 Å². The van der Waals surface area contributed by atoms with Gasteiger partial charge in [0.2, 0.25) is 5.91 Å². The SMILES string of the molecule is CC(C)[C@@H](NC(=O)c1ccccc1F)C(=O)Nc1ccc(Cl)cc1. The molecule has 0 fully saturated rings. The zero-order valence-electron chi connectivity index (χ0n) is 13.3. The maximum absolute atomic E-state index is 13.7. The molecule has 4 nitrogen and oxygen atoms in total. The smallest absolute Gasteiger partial charge is 0.254 e. The molecule has 0 heterocycles. The highest BCUT2D eigenvalue weighted by atomic mass is 35.5. The Morgan fingerprint density at radius 2 is 1.67 bits per heavy atom. The Morgan fingerprint density at radius 1 is 1.04 bits per heavy atom. The molecule has 2 amide bonds.